The first-order valence-corrected chi connectivity index (χ1v) is 7.42. The van der Waals surface area contributed by atoms with Crippen LogP contribution in [0.4, 0.5) is 8.78 Å². The Morgan fingerprint density at radius 3 is 2.65 bits per heavy atom. The first-order valence-electron chi connectivity index (χ1n) is 7.42. The van der Waals surface area contributed by atoms with Crippen molar-refractivity contribution in [1.82, 2.24) is 14.8 Å². The van der Waals surface area contributed by atoms with E-state index in [1.165, 1.54) is 18.5 Å². The van der Waals surface area contributed by atoms with Gasteiger partial charge in [0.2, 0.25) is 0 Å². The number of piperazine rings is 1. The van der Waals surface area contributed by atoms with Crippen LogP contribution in [0.3, 0.4) is 0 Å². The summed E-state index contributed by atoms with van der Waals surface area (Å²) in [5.74, 6) is -1.48. The fraction of sp³-hybridized carbons (Fsp3) is 0.533. The second-order valence-corrected chi connectivity index (χ2v) is 5.47. The van der Waals surface area contributed by atoms with Crippen LogP contribution in [-0.2, 0) is 0 Å². The Morgan fingerprint density at radius 2 is 2.04 bits per heavy atom. The summed E-state index contributed by atoms with van der Waals surface area (Å²) in [6.07, 6.45) is 0.752. The van der Waals surface area contributed by atoms with Gasteiger partial charge in [0.1, 0.15) is 0 Å². The number of nitrogens with zero attached hydrogens (tertiary/aromatic N) is 3. The monoisotopic (exact) mass is 327 g/mol. The summed E-state index contributed by atoms with van der Waals surface area (Å²) in [4.78, 5) is 30.5. The summed E-state index contributed by atoms with van der Waals surface area (Å²) >= 11 is 0. The first kappa shape index (κ1) is 17.3. The molecule has 0 spiro atoms. The quantitative estimate of drug-likeness (QED) is 0.889. The Hall–Kier alpha value is -2.09. The second-order valence-electron chi connectivity index (χ2n) is 5.47. The molecule has 1 fully saturated rings. The van der Waals surface area contributed by atoms with Gasteiger partial charge in [-0.15, -0.1) is 0 Å². The van der Waals surface area contributed by atoms with Gasteiger partial charge in [0.25, 0.3) is 12.3 Å². The van der Waals surface area contributed by atoms with Crippen LogP contribution < -0.4 is 0 Å². The van der Waals surface area contributed by atoms with Crippen LogP contribution in [0.15, 0.2) is 18.5 Å². The standard InChI is InChI=1S/C15H19F2N3O3/c1-2-12-8-20(4-3-19(12)9-13(16)17)14(21)10-5-11(15(22)23)7-18-6-10/h5-7,12-13H,2-4,8-9H2,1H3,(H,22,23). The molecule has 0 aromatic carbocycles. The Bertz CT molecular complexity index is 583. The number of aromatic nitrogens is 1. The molecule has 0 saturated carbocycles. The van der Waals surface area contributed by atoms with E-state index in [2.05, 4.69) is 4.98 Å². The number of carboxylic acid groups (broad SMARTS) is 1. The van der Waals surface area contributed by atoms with Gasteiger partial charge in [-0.2, -0.15) is 0 Å². The first-order chi connectivity index (χ1) is 10.9. The molecule has 1 aliphatic rings. The molecule has 1 aromatic rings. The SMILES string of the molecule is CCC1CN(C(=O)c2cncc(C(=O)O)c2)CCN1CC(F)F. The van der Waals surface area contributed by atoms with Gasteiger partial charge in [-0.1, -0.05) is 6.92 Å². The average Bonchev–Trinajstić information content (AvgIpc) is 2.54. The number of pyridine rings is 1. The van der Waals surface area contributed by atoms with Crippen molar-refractivity contribution >= 4 is 11.9 Å². The smallest absolute Gasteiger partial charge is 0.337 e. The van der Waals surface area contributed by atoms with Crippen molar-refractivity contribution in [3.63, 3.8) is 0 Å². The number of rotatable bonds is 5. The summed E-state index contributed by atoms with van der Waals surface area (Å²) in [7, 11) is 0. The normalized spacial score (nSPS) is 19.1. The number of hydrogen-bond donors (Lipinski definition) is 1. The van der Waals surface area contributed by atoms with E-state index in [1.807, 2.05) is 6.92 Å². The molecule has 0 bridgehead atoms. The Balaban J connectivity index is 2.09. The fourth-order valence-corrected chi connectivity index (χ4v) is 2.74. The van der Waals surface area contributed by atoms with Crippen LogP contribution in [0.2, 0.25) is 0 Å². The number of amides is 1. The van der Waals surface area contributed by atoms with E-state index in [0.717, 1.165) is 0 Å². The lowest BCUT2D eigenvalue weighted by molar-refractivity contribution is 0.0186. The van der Waals surface area contributed by atoms with Crippen LogP contribution >= 0.6 is 0 Å². The second kappa shape index (κ2) is 7.45. The predicted octanol–water partition coefficient (Wildman–Crippen LogP) is 1.58. The van der Waals surface area contributed by atoms with Crippen molar-refractivity contribution in [1.29, 1.82) is 0 Å². The van der Waals surface area contributed by atoms with Gasteiger partial charge >= 0.3 is 5.97 Å². The lowest BCUT2D eigenvalue weighted by atomic mass is 10.1. The highest BCUT2D eigenvalue weighted by atomic mass is 19.3. The molecule has 0 aliphatic carbocycles. The average molecular weight is 327 g/mol. The minimum absolute atomic E-state index is 0.0563. The van der Waals surface area contributed by atoms with Crippen molar-refractivity contribution in [2.75, 3.05) is 26.2 Å². The zero-order valence-corrected chi connectivity index (χ0v) is 12.8. The number of carbonyl (C=O) groups excluding carboxylic acids is 1. The van der Waals surface area contributed by atoms with Crippen LogP contribution in [0, 0.1) is 0 Å². The third-order valence-corrected chi connectivity index (χ3v) is 3.97. The van der Waals surface area contributed by atoms with Crippen molar-refractivity contribution in [3.8, 4) is 0 Å². The maximum absolute atomic E-state index is 12.6. The zero-order valence-electron chi connectivity index (χ0n) is 12.8. The molecule has 23 heavy (non-hydrogen) atoms. The molecular formula is C15H19F2N3O3. The van der Waals surface area contributed by atoms with Gasteiger partial charge in [-0.05, 0) is 12.5 Å². The van der Waals surface area contributed by atoms with E-state index in [-0.39, 0.29) is 29.6 Å². The van der Waals surface area contributed by atoms with E-state index in [1.54, 1.807) is 9.80 Å². The van der Waals surface area contributed by atoms with E-state index in [9.17, 15) is 18.4 Å². The Kier molecular flexibility index (Phi) is 5.59. The van der Waals surface area contributed by atoms with E-state index < -0.39 is 12.4 Å². The number of alkyl halides is 2. The highest BCUT2D eigenvalue weighted by molar-refractivity contribution is 5.97. The largest absolute Gasteiger partial charge is 0.478 e. The molecule has 2 heterocycles. The summed E-state index contributed by atoms with van der Waals surface area (Å²) in [5.41, 5.74) is 0.140. The molecule has 8 heteroatoms. The molecule has 6 nitrogen and oxygen atoms in total. The topological polar surface area (TPSA) is 73.7 Å². The molecule has 1 N–H and O–H groups in total. The number of hydrogen-bond acceptors (Lipinski definition) is 4. The predicted molar refractivity (Wildman–Crippen MR) is 78.8 cm³/mol. The number of carboxylic acids is 1. The van der Waals surface area contributed by atoms with Crippen LogP contribution in [0.1, 0.15) is 34.1 Å². The fourth-order valence-electron chi connectivity index (χ4n) is 2.74. The highest BCUT2D eigenvalue weighted by Crippen LogP contribution is 2.17. The van der Waals surface area contributed by atoms with Gasteiger partial charge in [0.15, 0.2) is 0 Å². The number of carbonyl (C=O) groups is 2. The third-order valence-electron chi connectivity index (χ3n) is 3.97. The van der Waals surface area contributed by atoms with Gasteiger partial charge in [0.05, 0.1) is 17.7 Å². The van der Waals surface area contributed by atoms with Crippen molar-refractivity contribution < 1.29 is 23.5 Å². The molecule has 1 amide bonds. The summed E-state index contributed by atoms with van der Waals surface area (Å²) < 4.78 is 25.2. The zero-order chi connectivity index (χ0) is 17.0. The molecule has 1 aliphatic heterocycles. The molecule has 0 radical (unpaired) electrons. The summed E-state index contributed by atoms with van der Waals surface area (Å²) in [6, 6.07) is 1.15. The van der Waals surface area contributed by atoms with Gasteiger partial charge < -0.3 is 10.0 Å². The number of halogens is 2. The minimum atomic E-state index is -2.40. The van der Waals surface area contributed by atoms with E-state index in [4.69, 9.17) is 5.11 Å². The third kappa shape index (κ3) is 4.22. The van der Waals surface area contributed by atoms with Crippen molar-refractivity contribution in [2.24, 2.45) is 0 Å². The lowest BCUT2D eigenvalue weighted by Crippen LogP contribution is -2.55. The van der Waals surface area contributed by atoms with Crippen molar-refractivity contribution in [3.05, 3.63) is 29.6 Å². The number of aromatic carboxylic acids is 1. The Labute approximate surface area is 132 Å². The minimum Gasteiger partial charge on any atom is -0.478 e. The maximum atomic E-state index is 12.6. The van der Waals surface area contributed by atoms with Crippen LogP contribution in [0.5, 0.6) is 0 Å². The summed E-state index contributed by atoms with van der Waals surface area (Å²) in [5, 5.41) is 8.96. The Morgan fingerprint density at radius 1 is 1.35 bits per heavy atom. The van der Waals surface area contributed by atoms with Gasteiger partial charge in [-0.25, -0.2) is 13.6 Å². The van der Waals surface area contributed by atoms with E-state index in [0.29, 0.717) is 26.1 Å². The lowest BCUT2D eigenvalue weighted by Gasteiger charge is -2.41. The maximum Gasteiger partial charge on any atom is 0.337 e. The van der Waals surface area contributed by atoms with Crippen molar-refractivity contribution in [2.45, 2.75) is 25.8 Å². The molecule has 2 rings (SSSR count). The highest BCUT2D eigenvalue weighted by Gasteiger charge is 2.30. The van der Waals surface area contributed by atoms with Gasteiger partial charge in [-0.3, -0.25) is 14.7 Å². The van der Waals surface area contributed by atoms with Crippen LogP contribution in [-0.4, -0.2) is 70.4 Å². The molecular weight excluding hydrogens is 308 g/mol. The molecule has 1 atom stereocenters. The molecule has 1 unspecified atom stereocenters. The van der Waals surface area contributed by atoms with Gasteiger partial charge in [0, 0.05) is 38.1 Å². The molecule has 1 saturated heterocycles. The van der Waals surface area contributed by atoms with Crippen LogP contribution in [0.25, 0.3) is 0 Å². The van der Waals surface area contributed by atoms with E-state index >= 15 is 0 Å². The summed E-state index contributed by atoms with van der Waals surface area (Å²) in [6.45, 7) is 2.65. The molecule has 126 valence electrons. The molecule has 1 aromatic heterocycles.